The molecule has 0 N–H and O–H groups in total. The van der Waals surface area contributed by atoms with E-state index in [1.807, 2.05) is 0 Å². The monoisotopic (exact) mass is 166 g/mol. The molecule has 0 saturated heterocycles. The van der Waals surface area contributed by atoms with Gasteiger partial charge in [0, 0.05) is 0 Å². The molecule has 0 aromatic carbocycles. The quantitative estimate of drug-likeness (QED) is 0.523. The average Bonchev–Trinajstić information content (AvgIpc) is 1.85. The summed E-state index contributed by atoms with van der Waals surface area (Å²) < 4.78 is 0. The second-order valence-electron chi connectivity index (χ2n) is 4.38. The van der Waals surface area contributed by atoms with Crippen molar-refractivity contribution in [2.75, 3.05) is 0 Å². The molecule has 0 radical (unpaired) electrons. The minimum absolute atomic E-state index is 0.958. The summed E-state index contributed by atoms with van der Waals surface area (Å²) in [5.41, 5.74) is 4.10. The molecule has 0 aliphatic heterocycles. The Morgan fingerprint density at radius 3 is 2.55 bits per heavy atom. The number of allylic oxidation sites excluding steroid dienone is 3. The third-order valence-corrected chi connectivity index (χ3v) is 3.02. The molecular weight excluding hydrogens is 148 g/mol. The highest BCUT2D eigenvalue weighted by molar-refractivity contribution is 6.81. The van der Waals surface area contributed by atoms with Crippen LogP contribution in [-0.4, -0.2) is 8.07 Å². The maximum atomic E-state index is 2.52. The Morgan fingerprint density at radius 2 is 2.09 bits per heavy atom. The summed E-state index contributed by atoms with van der Waals surface area (Å²) in [5, 5.41) is 0. The molecule has 0 atom stereocenters. The van der Waals surface area contributed by atoms with Crippen molar-refractivity contribution in [1.29, 1.82) is 0 Å². The lowest BCUT2D eigenvalue weighted by Gasteiger charge is -2.14. The lowest BCUT2D eigenvalue weighted by molar-refractivity contribution is 0.822. The molecule has 0 aromatic rings. The summed E-state index contributed by atoms with van der Waals surface area (Å²) in [6.45, 7) is 7.17. The number of rotatable bonds is 1. The van der Waals surface area contributed by atoms with E-state index in [-0.39, 0.29) is 0 Å². The first kappa shape index (κ1) is 8.79. The molecule has 0 unspecified atom stereocenters. The highest BCUT2D eigenvalue weighted by atomic mass is 28.3. The highest BCUT2D eigenvalue weighted by Gasteiger charge is 2.10. The van der Waals surface area contributed by atoms with Gasteiger partial charge in [0.2, 0.25) is 0 Å². The first-order valence-corrected chi connectivity index (χ1v) is 8.04. The molecule has 11 heavy (non-hydrogen) atoms. The molecule has 0 nitrogen and oxygen atoms in total. The fourth-order valence-corrected chi connectivity index (χ4v) is 2.77. The molecule has 0 amide bonds. The minimum Gasteiger partial charge on any atom is -0.0919 e. The fourth-order valence-electron chi connectivity index (χ4n) is 1.42. The molecule has 1 aliphatic carbocycles. The van der Waals surface area contributed by atoms with Gasteiger partial charge in [-0.05, 0) is 19.3 Å². The van der Waals surface area contributed by atoms with E-state index in [1.54, 1.807) is 5.57 Å². The van der Waals surface area contributed by atoms with Crippen LogP contribution in [0.15, 0.2) is 23.4 Å². The zero-order valence-corrected chi connectivity index (χ0v) is 8.85. The van der Waals surface area contributed by atoms with Crippen LogP contribution in [0, 0.1) is 0 Å². The van der Waals surface area contributed by atoms with Crippen molar-refractivity contribution in [3.8, 4) is 0 Å². The van der Waals surface area contributed by atoms with Gasteiger partial charge in [-0.2, -0.15) is 0 Å². The lowest BCUT2D eigenvalue weighted by atomic mass is 10.0. The van der Waals surface area contributed by atoms with Gasteiger partial charge >= 0.3 is 0 Å². The summed E-state index contributed by atoms with van der Waals surface area (Å²) in [5.74, 6) is 0. The molecular formula is C10H18Si. The van der Waals surface area contributed by atoms with Crippen molar-refractivity contribution in [2.45, 2.75) is 38.9 Å². The predicted octanol–water partition coefficient (Wildman–Crippen LogP) is 3.53. The maximum absolute atomic E-state index is 2.52. The van der Waals surface area contributed by atoms with Crippen molar-refractivity contribution in [3.05, 3.63) is 23.4 Å². The molecule has 1 heteroatoms. The van der Waals surface area contributed by atoms with Crippen molar-refractivity contribution in [2.24, 2.45) is 0 Å². The predicted molar refractivity (Wildman–Crippen MR) is 54.4 cm³/mol. The third-order valence-electron chi connectivity index (χ3n) is 1.79. The molecule has 0 fully saturated rings. The summed E-state index contributed by atoms with van der Waals surface area (Å²) in [7, 11) is -0.958. The van der Waals surface area contributed by atoms with Crippen LogP contribution in [0.3, 0.4) is 0 Å². The molecule has 0 bridgehead atoms. The van der Waals surface area contributed by atoms with Crippen molar-refractivity contribution in [3.63, 3.8) is 0 Å². The van der Waals surface area contributed by atoms with E-state index in [2.05, 4.69) is 37.5 Å². The van der Waals surface area contributed by atoms with Crippen LogP contribution < -0.4 is 0 Å². The van der Waals surface area contributed by atoms with Gasteiger partial charge in [0.1, 0.15) is 0 Å². The van der Waals surface area contributed by atoms with Crippen LogP contribution in [0.5, 0.6) is 0 Å². The fraction of sp³-hybridized carbons (Fsp3) is 0.600. The van der Waals surface area contributed by atoms with Crippen LogP contribution in [0.2, 0.25) is 19.6 Å². The van der Waals surface area contributed by atoms with E-state index in [9.17, 15) is 0 Å². The van der Waals surface area contributed by atoms with Crippen molar-refractivity contribution in [1.82, 2.24) is 0 Å². The van der Waals surface area contributed by atoms with Crippen LogP contribution in [-0.2, 0) is 0 Å². The molecule has 0 saturated carbocycles. The summed E-state index contributed by atoms with van der Waals surface area (Å²) in [4.78, 5) is 0. The first-order chi connectivity index (χ1) is 5.08. The summed E-state index contributed by atoms with van der Waals surface area (Å²) >= 11 is 0. The SMILES string of the molecule is C[Si](C)(C)C=C1C=CCCC1. The van der Waals surface area contributed by atoms with Crippen LogP contribution in [0.4, 0.5) is 0 Å². The Balaban J connectivity index is 2.65. The van der Waals surface area contributed by atoms with Gasteiger partial charge in [0.25, 0.3) is 0 Å². The zero-order valence-electron chi connectivity index (χ0n) is 7.85. The van der Waals surface area contributed by atoms with Gasteiger partial charge in [-0.15, -0.1) is 0 Å². The number of hydrogen-bond donors (Lipinski definition) is 0. The second kappa shape index (κ2) is 3.40. The number of hydrogen-bond acceptors (Lipinski definition) is 0. The van der Waals surface area contributed by atoms with E-state index in [1.165, 1.54) is 19.3 Å². The third kappa shape index (κ3) is 3.56. The summed E-state index contributed by atoms with van der Waals surface area (Å²) in [6, 6.07) is 0. The maximum Gasteiger partial charge on any atom is 0.0690 e. The first-order valence-electron chi connectivity index (χ1n) is 4.46. The molecule has 0 heterocycles. The van der Waals surface area contributed by atoms with Gasteiger partial charge in [0.15, 0.2) is 0 Å². The largest absolute Gasteiger partial charge is 0.0919 e. The molecule has 0 spiro atoms. The smallest absolute Gasteiger partial charge is 0.0690 e. The van der Waals surface area contributed by atoms with E-state index in [4.69, 9.17) is 0 Å². The zero-order chi connectivity index (χ0) is 8.32. The van der Waals surface area contributed by atoms with Gasteiger partial charge in [-0.25, -0.2) is 0 Å². The normalized spacial score (nSPS) is 22.6. The van der Waals surface area contributed by atoms with E-state index in [0.29, 0.717) is 0 Å². The van der Waals surface area contributed by atoms with Gasteiger partial charge in [-0.1, -0.05) is 43.1 Å². The average molecular weight is 166 g/mol. The Morgan fingerprint density at radius 1 is 1.36 bits per heavy atom. The van der Waals surface area contributed by atoms with Crippen molar-refractivity contribution < 1.29 is 0 Å². The van der Waals surface area contributed by atoms with Crippen LogP contribution >= 0.6 is 0 Å². The van der Waals surface area contributed by atoms with E-state index < -0.39 is 8.07 Å². The molecule has 62 valence electrons. The van der Waals surface area contributed by atoms with Crippen molar-refractivity contribution >= 4 is 8.07 Å². The highest BCUT2D eigenvalue weighted by Crippen LogP contribution is 2.18. The van der Waals surface area contributed by atoms with E-state index >= 15 is 0 Å². The lowest BCUT2D eigenvalue weighted by Crippen LogP contribution is -2.16. The Labute approximate surface area is 71.0 Å². The van der Waals surface area contributed by atoms with Crippen LogP contribution in [0.1, 0.15) is 19.3 Å². The van der Waals surface area contributed by atoms with Crippen LogP contribution in [0.25, 0.3) is 0 Å². The second-order valence-corrected chi connectivity index (χ2v) is 9.40. The summed E-state index contributed by atoms with van der Waals surface area (Å²) in [6.07, 6.45) is 8.55. The topological polar surface area (TPSA) is 0 Å². The van der Waals surface area contributed by atoms with Gasteiger partial charge in [-0.3, -0.25) is 0 Å². The molecule has 1 aliphatic rings. The van der Waals surface area contributed by atoms with E-state index in [0.717, 1.165) is 0 Å². The minimum atomic E-state index is -0.958. The standard InChI is InChI=1S/C10H18Si/c1-11(2,3)9-10-7-5-4-6-8-10/h5,7,9H,4,6,8H2,1-3H3. The molecule has 1 rings (SSSR count). The Hall–Kier alpha value is -0.303. The molecule has 0 aromatic heterocycles. The Kier molecular flexibility index (Phi) is 2.71. The Bertz CT molecular complexity index is 182. The van der Waals surface area contributed by atoms with Gasteiger partial charge < -0.3 is 0 Å². The van der Waals surface area contributed by atoms with Gasteiger partial charge in [0.05, 0.1) is 8.07 Å².